The van der Waals surface area contributed by atoms with Crippen molar-refractivity contribution in [1.29, 1.82) is 0 Å². The molecule has 2 N–H and O–H groups in total. The minimum atomic E-state index is -0.145. The van der Waals surface area contributed by atoms with Crippen molar-refractivity contribution in [3.8, 4) is 0 Å². The van der Waals surface area contributed by atoms with Gasteiger partial charge in [0.15, 0.2) is 5.78 Å². The average molecular weight is 493 g/mol. The molecule has 0 unspecified atom stereocenters. The maximum absolute atomic E-state index is 13.6. The molecule has 1 fully saturated rings. The summed E-state index contributed by atoms with van der Waals surface area (Å²) < 4.78 is 5.42. The van der Waals surface area contributed by atoms with Gasteiger partial charge in [0, 0.05) is 48.3 Å². The monoisotopic (exact) mass is 492 g/mol. The molecule has 1 amide bonds. The third-order valence-electron chi connectivity index (χ3n) is 6.20. The van der Waals surface area contributed by atoms with E-state index < -0.39 is 0 Å². The Morgan fingerprint density at radius 2 is 1.78 bits per heavy atom. The van der Waals surface area contributed by atoms with Crippen molar-refractivity contribution in [3.05, 3.63) is 58.5 Å². The van der Waals surface area contributed by atoms with E-state index in [9.17, 15) is 9.59 Å². The first-order valence-corrected chi connectivity index (χ1v) is 12.8. The first-order chi connectivity index (χ1) is 17.3. The largest absolute Gasteiger partial charge is 0.384 e. The zero-order chi connectivity index (χ0) is 26.8. The highest BCUT2D eigenvalue weighted by atomic mass is 16.5. The van der Waals surface area contributed by atoms with Gasteiger partial charge in [-0.05, 0) is 50.5 Å². The van der Waals surface area contributed by atoms with Gasteiger partial charge in [-0.1, -0.05) is 39.3 Å². The number of hydrogen-bond donors (Lipinski definition) is 1. The van der Waals surface area contributed by atoms with Crippen molar-refractivity contribution >= 4 is 34.0 Å². The van der Waals surface area contributed by atoms with E-state index in [0.717, 1.165) is 34.1 Å². The van der Waals surface area contributed by atoms with Crippen LogP contribution < -0.4 is 5.73 Å². The number of fused-ring (bicyclic) bond motifs is 1. The fraction of sp³-hybridized carbons (Fsp3) is 0.448. The summed E-state index contributed by atoms with van der Waals surface area (Å²) in [6, 6.07) is 3.62. The van der Waals surface area contributed by atoms with Gasteiger partial charge in [-0.2, -0.15) is 0 Å². The Hall–Kier alpha value is -3.32. The summed E-state index contributed by atoms with van der Waals surface area (Å²) in [7, 11) is 0. The highest BCUT2D eigenvalue weighted by Crippen LogP contribution is 2.31. The second kappa shape index (κ2) is 13.7. The van der Waals surface area contributed by atoms with Gasteiger partial charge in [0.2, 0.25) is 0 Å². The molecule has 0 spiro atoms. The molecule has 3 heterocycles. The molecule has 0 radical (unpaired) electrons. The maximum Gasteiger partial charge on any atom is 0.273 e. The van der Waals surface area contributed by atoms with Crippen LogP contribution in [0.15, 0.2) is 47.2 Å². The molecule has 2 aromatic heterocycles. The van der Waals surface area contributed by atoms with Crippen molar-refractivity contribution in [3.63, 3.8) is 0 Å². The van der Waals surface area contributed by atoms with E-state index in [-0.39, 0.29) is 11.7 Å². The lowest BCUT2D eigenvalue weighted by Crippen LogP contribution is -2.41. The third kappa shape index (κ3) is 6.66. The van der Waals surface area contributed by atoms with E-state index in [1.807, 2.05) is 66.7 Å². The summed E-state index contributed by atoms with van der Waals surface area (Å²) in [5.41, 5.74) is 11.1. The van der Waals surface area contributed by atoms with Crippen LogP contribution in [-0.2, 0) is 9.53 Å². The van der Waals surface area contributed by atoms with E-state index in [1.165, 1.54) is 0 Å². The number of nitrogens with two attached hydrogens (primary N) is 1. The van der Waals surface area contributed by atoms with Gasteiger partial charge in [0.05, 0.1) is 18.7 Å². The molecular weight excluding hydrogens is 452 g/mol. The van der Waals surface area contributed by atoms with Crippen LogP contribution in [-0.4, -0.2) is 52.9 Å². The summed E-state index contributed by atoms with van der Waals surface area (Å²) in [5.74, 6) is 0.311. The summed E-state index contributed by atoms with van der Waals surface area (Å²) in [4.78, 5) is 36.9. The van der Waals surface area contributed by atoms with Gasteiger partial charge in [-0.15, -0.1) is 0 Å². The number of morpholine rings is 1. The van der Waals surface area contributed by atoms with Gasteiger partial charge in [0.25, 0.3) is 5.91 Å². The van der Waals surface area contributed by atoms with Crippen LogP contribution in [0.2, 0.25) is 0 Å². The van der Waals surface area contributed by atoms with Crippen molar-refractivity contribution in [1.82, 2.24) is 14.9 Å². The second-order valence-electron chi connectivity index (χ2n) is 8.44. The molecule has 36 heavy (non-hydrogen) atoms. The molecule has 0 aliphatic carbocycles. The highest BCUT2D eigenvalue weighted by Gasteiger charge is 2.25. The van der Waals surface area contributed by atoms with E-state index >= 15 is 0 Å². The molecule has 0 atom stereocenters. The Labute approximate surface area is 215 Å². The SMILES string of the molecule is CC.C\C=C(/C(C)=C\C(C(=O)CC)=C(/C)CC)c1cc2cnc(N)cc2nc1C(=O)N1CCOCC1. The molecule has 1 saturated heterocycles. The molecule has 0 saturated carbocycles. The second-order valence-corrected chi connectivity index (χ2v) is 8.44. The fourth-order valence-electron chi connectivity index (χ4n) is 4.08. The van der Waals surface area contributed by atoms with Crippen LogP contribution in [0.5, 0.6) is 0 Å². The first-order valence-electron chi connectivity index (χ1n) is 12.8. The topological polar surface area (TPSA) is 98.4 Å². The summed E-state index contributed by atoms with van der Waals surface area (Å²) in [5, 5.41) is 0.792. The van der Waals surface area contributed by atoms with Crippen molar-refractivity contribution in [2.45, 2.75) is 61.3 Å². The van der Waals surface area contributed by atoms with Crippen LogP contribution >= 0.6 is 0 Å². The molecule has 1 aliphatic rings. The molecule has 194 valence electrons. The molecule has 2 aromatic rings. The number of carbonyl (C=O) groups excluding carboxylic acids is 2. The lowest BCUT2D eigenvalue weighted by atomic mass is 9.91. The molecule has 0 bridgehead atoms. The first kappa shape index (κ1) is 28.9. The van der Waals surface area contributed by atoms with E-state index in [0.29, 0.717) is 55.3 Å². The molecule has 0 aromatic carbocycles. The average Bonchev–Trinajstić information content (AvgIpc) is 2.92. The smallest absolute Gasteiger partial charge is 0.273 e. The van der Waals surface area contributed by atoms with Gasteiger partial charge in [-0.3, -0.25) is 9.59 Å². The Balaban J connectivity index is 0.00000222. The Kier molecular flexibility index (Phi) is 11.0. The minimum Gasteiger partial charge on any atom is -0.384 e. The highest BCUT2D eigenvalue weighted by molar-refractivity contribution is 6.03. The van der Waals surface area contributed by atoms with Crippen LogP contribution in [0.25, 0.3) is 16.5 Å². The Bertz CT molecular complexity index is 1190. The molecule has 7 nitrogen and oxygen atoms in total. The number of pyridine rings is 2. The summed E-state index contributed by atoms with van der Waals surface area (Å²) in [6.45, 7) is 15.8. The van der Waals surface area contributed by atoms with Gasteiger partial charge < -0.3 is 15.4 Å². The number of allylic oxidation sites excluding steroid dienone is 6. The molecule has 3 rings (SSSR count). The number of anilines is 1. The van der Waals surface area contributed by atoms with Crippen LogP contribution in [0.1, 0.15) is 77.4 Å². The van der Waals surface area contributed by atoms with Gasteiger partial charge >= 0.3 is 0 Å². The number of ketones is 1. The number of aromatic nitrogens is 2. The quantitative estimate of drug-likeness (QED) is 0.389. The molecule has 7 heteroatoms. The zero-order valence-corrected chi connectivity index (χ0v) is 22.8. The number of nitrogen functional groups attached to an aromatic ring is 1. The van der Waals surface area contributed by atoms with Crippen molar-refractivity contribution in [2.75, 3.05) is 32.0 Å². The van der Waals surface area contributed by atoms with Crippen molar-refractivity contribution in [2.24, 2.45) is 0 Å². The number of hydrogen-bond acceptors (Lipinski definition) is 6. The van der Waals surface area contributed by atoms with E-state index in [2.05, 4.69) is 4.98 Å². The number of amides is 1. The molecule has 1 aliphatic heterocycles. The number of nitrogens with zero attached hydrogens (tertiary/aromatic N) is 3. The Morgan fingerprint density at radius 1 is 1.11 bits per heavy atom. The van der Waals surface area contributed by atoms with E-state index in [4.69, 9.17) is 15.5 Å². The normalized spacial score (nSPS) is 15.2. The predicted molar refractivity (Wildman–Crippen MR) is 148 cm³/mol. The predicted octanol–water partition coefficient (Wildman–Crippen LogP) is 5.77. The summed E-state index contributed by atoms with van der Waals surface area (Å²) >= 11 is 0. The number of ether oxygens (including phenoxy) is 1. The van der Waals surface area contributed by atoms with Gasteiger partial charge in [-0.25, -0.2) is 9.97 Å². The van der Waals surface area contributed by atoms with Crippen LogP contribution in [0.4, 0.5) is 5.82 Å². The number of rotatable bonds is 7. The minimum absolute atomic E-state index is 0.107. The summed E-state index contributed by atoms with van der Waals surface area (Å²) in [6.07, 6.45) is 6.80. The van der Waals surface area contributed by atoms with Crippen molar-refractivity contribution < 1.29 is 14.3 Å². The lowest BCUT2D eigenvalue weighted by molar-refractivity contribution is -0.115. The van der Waals surface area contributed by atoms with Gasteiger partial charge in [0.1, 0.15) is 11.5 Å². The zero-order valence-electron chi connectivity index (χ0n) is 22.8. The van der Waals surface area contributed by atoms with Crippen LogP contribution in [0, 0.1) is 0 Å². The number of carbonyl (C=O) groups is 2. The fourth-order valence-corrected chi connectivity index (χ4v) is 4.08. The lowest BCUT2D eigenvalue weighted by Gasteiger charge is -2.27. The Morgan fingerprint density at radius 3 is 2.36 bits per heavy atom. The maximum atomic E-state index is 13.6. The number of Topliss-reactive ketones (excluding diaryl/α,β-unsaturated/α-hetero) is 1. The third-order valence-corrected chi connectivity index (χ3v) is 6.20. The van der Waals surface area contributed by atoms with E-state index in [1.54, 1.807) is 17.2 Å². The molecular formula is C29H40N4O3. The van der Waals surface area contributed by atoms with Crippen LogP contribution in [0.3, 0.4) is 0 Å². The standard InChI is InChI=1S/C27H34N4O3.C2H6/c1-6-17(4)21(24(32)8-3)13-18(5)20(7-2)22-14-19-16-29-25(28)15-23(19)30-26(22)27(33)31-9-11-34-12-10-31;1-2/h7,13-16H,6,8-12H2,1-5H3,(H2,28,29);1-2H3/b18-13-,20-7+,21-17-;.